The van der Waals surface area contributed by atoms with Crippen molar-refractivity contribution in [3.8, 4) is 5.75 Å². The van der Waals surface area contributed by atoms with Crippen LogP contribution in [-0.4, -0.2) is 22.5 Å². The van der Waals surface area contributed by atoms with Crippen molar-refractivity contribution in [1.82, 2.24) is 0 Å². The van der Waals surface area contributed by atoms with Crippen molar-refractivity contribution in [2.75, 3.05) is 0 Å². The molecule has 0 aliphatic heterocycles. The maximum Gasteiger partial charge on any atom is 0.303 e. The minimum absolute atomic E-state index is 0.102. The van der Waals surface area contributed by atoms with Gasteiger partial charge in [0, 0.05) is 29.0 Å². The number of halogens is 1. The predicted molar refractivity (Wildman–Crippen MR) is 107 cm³/mol. The Labute approximate surface area is 165 Å². The molecule has 0 aliphatic rings. The van der Waals surface area contributed by atoms with Crippen LogP contribution in [0.1, 0.15) is 76.2 Å². The van der Waals surface area contributed by atoms with E-state index in [0.29, 0.717) is 24.0 Å². The van der Waals surface area contributed by atoms with Crippen LogP contribution in [0.4, 0.5) is 4.39 Å². The zero-order valence-corrected chi connectivity index (χ0v) is 16.6. The molecule has 28 heavy (non-hydrogen) atoms. The fourth-order valence-electron chi connectivity index (χ4n) is 3.77. The van der Waals surface area contributed by atoms with Gasteiger partial charge in [-0.05, 0) is 62.4 Å². The minimum atomic E-state index is -0.806. The molecule has 5 heteroatoms. The molecule has 0 amide bonds. The van der Waals surface area contributed by atoms with Gasteiger partial charge in [-0.15, -0.1) is 0 Å². The third-order valence-electron chi connectivity index (χ3n) is 5.51. The normalized spacial score (nSPS) is 12.0. The van der Waals surface area contributed by atoms with Crippen LogP contribution in [0, 0.1) is 26.6 Å². The highest BCUT2D eigenvalue weighted by Crippen LogP contribution is 2.41. The maximum absolute atomic E-state index is 13.4. The van der Waals surface area contributed by atoms with Gasteiger partial charge in [-0.1, -0.05) is 25.0 Å². The highest BCUT2D eigenvalue weighted by molar-refractivity contribution is 5.82. The number of aliphatic carboxylic acids is 1. The second-order valence-electron chi connectivity index (χ2n) is 7.27. The van der Waals surface area contributed by atoms with Gasteiger partial charge in [0.2, 0.25) is 0 Å². The first-order valence-corrected chi connectivity index (χ1v) is 9.53. The van der Waals surface area contributed by atoms with Crippen molar-refractivity contribution >= 4 is 12.3 Å². The van der Waals surface area contributed by atoms with E-state index in [2.05, 4.69) is 0 Å². The summed E-state index contributed by atoms with van der Waals surface area (Å²) in [4.78, 5) is 22.1. The number of benzene rings is 2. The fraction of sp³-hybridized carbons (Fsp3) is 0.391. The van der Waals surface area contributed by atoms with Crippen LogP contribution in [0.25, 0.3) is 0 Å². The molecule has 0 spiro atoms. The number of aromatic hydroxyl groups is 1. The van der Waals surface area contributed by atoms with E-state index in [9.17, 15) is 19.1 Å². The number of carbonyl (C=O) groups is 2. The molecule has 2 aromatic carbocycles. The van der Waals surface area contributed by atoms with E-state index in [0.717, 1.165) is 41.4 Å². The zero-order chi connectivity index (χ0) is 20.8. The standard InChI is InChI=1S/C23H27FO4/c1-14-15(2)22(23(28)16(3)20(14)13-25)19(7-5-4-6-8-21(26)27)17-9-11-18(24)12-10-17/h9-13,19,28H,4-8H2,1-3H3,(H,26,27). The Hall–Kier alpha value is -2.69. The average molecular weight is 386 g/mol. The van der Waals surface area contributed by atoms with Gasteiger partial charge in [0.05, 0.1) is 0 Å². The number of carboxylic acids is 1. The summed E-state index contributed by atoms with van der Waals surface area (Å²) in [5.41, 5.74) is 4.37. The third-order valence-corrected chi connectivity index (χ3v) is 5.51. The van der Waals surface area contributed by atoms with Crippen LogP contribution < -0.4 is 0 Å². The number of hydrogen-bond donors (Lipinski definition) is 2. The summed E-state index contributed by atoms with van der Waals surface area (Å²) in [6, 6.07) is 6.24. The minimum Gasteiger partial charge on any atom is -0.507 e. The van der Waals surface area contributed by atoms with Crippen LogP contribution >= 0.6 is 0 Å². The molecule has 0 heterocycles. The summed E-state index contributed by atoms with van der Waals surface area (Å²) in [6.45, 7) is 5.48. The van der Waals surface area contributed by atoms with Gasteiger partial charge in [0.15, 0.2) is 6.29 Å². The smallest absolute Gasteiger partial charge is 0.303 e. The van der Waals surface area contributed by atoms with Crippen LogP contribution in [-0.2, 0) is 4.79 Å². The Morgan fingerprint density at radius 1 is 1.04 bits per heavy atom. The van der Waals surface area contributed by atoms with Crippen molar-refractivity contribution in [3.63, 3.8) is 0 Å². The molecule has 0 bridgehead atoms. The topological polar surface area (TPSA) is 74.6 Å². The molecule has 0 fully saturated rings. The lowest BCUT2D eigenvalue weighted by Gasteiger charge is -2.25. The molecule has 0 aromatic heterocycles. The van der Waals surface area contributed by atoms with E-state index >= 15 is 0 Å². The van der Waals surface area contributed by atoms with Gasteiger partial charge in [-0.2, -0.15) is 0 Å². The highest BCUT2D eigenvalue weighted by atomic mass is 19.1. The van der Waals surface area contributed by atoms with Crippen molar-refractivity contribution in [2.24, 2.45) is 0 Å². The van der Waals surface area contributed by atoms with Crippen LogP contribution in [0.5, 0.6) is 5.75 Å². The van der Waals surface area contributed by atoms with E-state index in [4.69, 9.17) is 5.11 Å². The predicted octanol–water partition coefficient (Wildman–Crippen LogP) is 5.44. The zero-order valence-electron chi connectivity index (χ0n) is 16.6. The number of unbranched alkanes of at least 4 members (excludes halogenated alkanes) is 2. The number of rotatable bonds is 9. The second kappa shape index (κ2) is 9.49. The van der Waals surface area contributed by atoms with Gasteiger partial charge < -0.3 is 10.2 Å². The van der Waals surface area contributed by atoms with Gasteiger partial charge in [0.25, 0.3) is 0 Å². The summed E-state index contributed by atoms with van der Waals surface area (Å²) in [6.07, 6.45) is 3.73. The quantitative estimate of drug-likeness (QED) is 0.445. The van der Waals surface area contributed by atoms with E-state index in [1.54, 1.807) is 19.1 Å². The summed E-state index contributed by atoms with van der Waals surface area (Å²) in [7, 11) is 0. The first-order chi connectivity index (χ1) is 13.3. The lowest BCUT2D eigenvalue weighted by Crippen LogP contribution is -2.09. The summed E-state index contributed by atoms with van der Waals surface area (Å²) >= 11 is 0. The molecule has 2 aromatic rings. The van der Waals surface area contributed by atoms with Crippen molar-refractivity contribution in [1.29, 1.82) is 0 Å². The second-order valence-corrected chi connectivity index (χ2v) is 7.27. The molecule has 1 unspecified atom stereocenters. The van der Waals surface area contributed by atoms with E-state index in [-0.39, 0.29) is 23.9 Å². The molecule has 0 aliphatic carbocycles. The Balaban J connectivity index is 2.43. The Kier molecular flexibility index (Phi) is 7.32. The number of carbonyl (C=O) groups excluding carboxylic acids is 1. The molecule has 150 valence electrons. The van der Waals surface area contributed by atoms with E-state index in [1.165, 1.54) is 12.1 Å². The summed E-state index contributed by atoms with van der Waals surface area (Å²) < 4.78 is 13.4. The molecule has 1 atom stereocenters. The Morgan fingerprint density at radius 2 is 1.68 bits per heavy atom. The van der Waals surface area contributed by atoms with Gasteiger partial charge in [0.1, 0.15) is 11.6 Å². The molecule has 0 saturated heterocycles. The Bertz CT molecular complexity index is 827. The third kappa shape index (κ3) is 4.77. The molecule has 0 radical (unpaired) electrons. The van der Waals surface area contributed by atoms with Crippen LogP contribution in [0.2, 0.25) is 0 Å². The maximum atomic E-state index is 13.4. The van der Waals surface area contributed by atoms with Crippen LogP contribution in [0.15, 0.2) is 24.3 Å². The Morgan fingerprint density at radius 3 is 2.25 bits per heavy atom. The largest absolute Gasteiger partial charge is 0.507 e. The first-order valence-electron chi connectivity index (χ1n) is 9.53. The number of hydrogen-bond acceptors (Lipinski definition) is 3. The molecule has 2 rings (SSSR count). The van der Waals surface area contributed by atoms with E-state index < -0.39 is 5.97 Å². The average Bonchev–Trinajstić information content (AvgIpc) is 2.66. The first kappa shape index (κ1) is 21.6. The summed E-state index contributed by atoms with van der Waals surface area (Å²) in [5, 5.41) is 19.7. The fourth-order valence-corrected chi connectivity index (χ4v) is 3.77. The molecule has 4 nitrogen and oxygen atoms in total. The number of carboxylic acid groups (broad SMARTS) is 1. The van der Waals surface area contributed by atoms with Crippen molar-refractivity contribution < 1.29 is 24.2 Å². The summed E-state index contributed by atoms with van der Waals surface area (Å²) in [5.74, 6) is -1.19. The van der Waals surface area contributed by atoms with Crippen molar-refractivity contribution in [3.05, 3.63) is 63.5 Å². The van der Waals surface area contributed by atoms with Gasteiger partial charge in [-0.25, -0.2) is 4.39 Å². The monoisotopic (exact) mass is 386 g/mol. The lowest BCUT2D eigenvalue weighted by atomic mass is 9.80. The molecular formula is C23H27FO4. The molecule has 0 saturated carbocycles. The van der Waals surface area contributed by atoms with Crippen molar-refractivity contribution in [2.45, 2.75) is 58.8 Å². The number of phenolic OH excluding ortho intramolecular Hbond substituents is 1. The lowest BCUT2D eigenvalue weighted by molar-refractivity contribution is -0.137. The number of phenols is 1. The molecular weight excluding hydrogens is 359 g/mol. The molecule has 2 N–H and O–H groups in total. The van der Waals surface area contributed by atoms with Crippen LogP contribution in [0.3, 0.4) is 0 Å². The highest BCUT2D eigenvalue weighted by Gasteiger charge is 2.24. The SMILES string of the molecule is Cc1c(C)c(C(CCCCCC(=O)O)c2ccc(F)cc2)c(O)c(C)c1C=O. The van der Waals surface area contributed by atoms with E-state index in [1.807, 2.05) is 13.8 Å². The van der Waals surface area contributed by atoms with Gasteiger partial charge in [-0.3, -0.25) is 9.59 Å². The number of aldehydes is 1. The van der Waals surface area contributed by atoms with Gasteiger partial charge >= 0.3 is 5.97 Å².